The highest BCUT2D eigenvalue weighted by atomic mass is 16.2. The Morgan fingerprint density at radius 2 is 1.85 bits per heavy atom. The third-order valence-corrected chi connectivity index (χ3v) is 4.63. The van der Waals surface area contributed by atoms with E-state index in [-0.39, 0.29) is 5.91 Å². The summed E-state index contributed by atoms with van der Waals surface area (Å²) in [5.41, 5.74) is 2.00. The number of hydrogen-bond donors (Lipinski definition) is 1. The van der Waals surface area contributed by atoms with Crippen molar-refractivity contribution in [3.8, 4) is 11.3 Å². The lowest BCUT2D eigenvalue weighted by atomic mass is 10.1. The summed E-state index contributed by atoms with van der Waals surface area (Å²) in [4.78, 5) is 25.1. The summed E-state index contributed by atoms with van der Waals surface area (Å²) in [5.74, 6) is 1.72. The van der Waals surface area contributed by atoms with Gasteiger partial charge < -0.3 is 15.1 Å². The first kappa shape index (κ1) is 18.2. The van der Waals surface area contributed by atoms with E-state index in [1.54, 1.807) is 6.92 Å². The molecule has 0 aliphatic carbocycles. The number of piperazine rings is 1. The van der Waals surface area contributed by atoms with Crippen molar-refractivity contribution in [3.05, 3.63) is 36.4 Å². The summed E-state index contributed by atoms with van der Waals surface area (Å²) in [6.07, 6.45) is 2.25. The monoisotopic (exact) mass is 353 g/mol. The van der Waals surface area contributed by atoms with Gasteiger partial charge in [0.2, 0.25) is 11.9 Å². The molecule has 0 spiro atoms. The number of anilines is 2. The minimum atomic E-state index is 0.130. The number of carbonyl (C=O) groups excluding carboxylic acids is 1. The van der Waals surface area contributed by atoms with E-state index in [0.29, 0.717) is 13.1 Å². The van der Waals surface area contributed by atoms with E-state index in [0.717, 1.165) is 55.5 Å². The Hall–Kier alpha value is -2.63. The second-order valence-corrected chi connectivity index (χ2v) is 6.58. The fraction of sp³-hybridized carbons (Fsp3) is 0.450. The van der Waals surface area contributed by atoms with Crippen molar-refractivity contribution >= 4 is 17.7 Å². The summed E-state index contributed by atoms with van der Waals surface area (Å²) in [5, 5.41) is 3.42. The number of aromatic nitrogens is 2. The van der Waals surface area contributed by atoms with Gasteiger partial charge >= 0.3 is 0 Å². The first-order valence-electron chi connectivity index (χ1n) is 9.36. The fourth-order valence-electron chi connectivity index (χ4n) is 3.04. The molecule has 0 radical (unpaired) electrons. The molecule has 2 heterocycles. The van der Waals surface area contributed by atoms with E-state index < -0.39 is 0 Å². The number of nitrogens with zero attached hydrogens (tertiary/aromatic N) is 4. The average molecular weight is 353 g/mol. The summed E-state index contributed by atoms with van der Waals surface area (Å²) >= 11 is 0. The Labute approximate surface area is 155 Å². The molecule has 0 saturated carbocycles. The second-order valence-electron chi connectivity index (χ2n) is 6.58. The van der Waals surface area contributed by atoms with Gasteiger partial charge in [-0.2, -0.15) is 4.98 Å². The molecule has 1 N–H and O–H groups in total. The number of amides is 1. The second kappa shape index (κ2) is 8.65. The Balaban J connectivity index is 1.84. The summed E-state index contributed by atoms with van der Waals surface area (Å²) in [7, 11) is 0. The molecule has 26 heavy (non-hydrogen) atoms. The van der Waals surface area contributed by atoms with Crippen LogP contribution < -0.4 is 10.2 Å². The van der Waals surface area contributed by atoms with E-state index in [9.17, 15) is 4.79 Å². The molecular weight excluding hydrogens is 326 g/mol. The number of unbranched alkanes of at least 4 members (excludes halogenated alkanes) is 1. The standard InChI is InChI=1S/C20H27N5O/c1-3-4-10-21-19-15-18(17-8-6-5-7-9-17)22-20(23-19)25-13-11-24(12-14-25)16(2)26/h5-9,15H,3-4,10-14H2,1-2H3,(H,21,22,23). The number of benzene rings is 1. The van der Waals surface area contributed by atoms with Crippen molar-refractivity contribution in [2.75, 3.05) is 42.9 Å². The van der Waals surface area contributed by atoms with Gasteiger partial charge in [-0.1, -0.05) is 43.7 Å². The molecular formula is C20H27N5O. The minimum Gasteiger partial charge on any atom is -0.370 e. The predicted octanol–water partition coefficient (Wildman–Crippen LogP) is 3.02. The molecule has 1 aliphatic heterocycles. The zero-order valence-corrected chi connectivity index (χ0v) is 15.6. The molecule has 0 bridgehead atoms. The Bertz CT molecular complexity index is 726. The topological polar surface area (TPSA) is 61.4 Å². The van der Waals surface area contributed by atoms with Crippen molar-refractivity contribution in [2.24, 2.45) is 0 Å². The van der Waals surface area contributed by atoms with Gasteiger partial charge in [0, 0.05) is 51.3 Å². The van der Waals surface area contributed by atoms with Crippen LogP contribution in [-0.4, -0.2) is 53.5 Å². The first-order valence-corrected chi connectivity index (χ1v) is 9.36. The molecule has 6 heteroatoms. The molecule has 1 fully saturated rings. The zero-order chi connectivity index (χ0) is 18.4. The average Bonchev–Trinajstić information content (AvgIpc) is 2.69. The van der Waals surface area contributed by atoms with Gasteiger partial charge in [0.05, 0.1) is 5.69 Å². The minimum absolute atomic E-state index is 0.130. The van der Waals surface area contributed by atoms with Gasteiger partial charge in [0.15, 0.2) is 0 Å². The number of carbonyl (C=O) groups is 1. The van der Waals surface area contributed by atoms with Crippen LogP contribution in [0.15, 0.2) is 36.4 Å². The van der Waals surface area contributed by atoms with Gasteiger partial charge in [0.1, 0.15) is 5.82 Å². The number of nitrogens with one attached hydrogen (secondary N) is 1. The van der Waals surface area contributed by atoms with Crippen molar-refractivity contribution < 1.29 is 4.79 Å². The van der Waals surface area contributed by atoms with Crippen molar-refractivity contribution in [3.63, 3.8) is 0 Å². The molecule has 0 unspecified atom stereocenters. The maximum absolute atomic E-state index is 11.5. The number of rotatable bonds is 6. The largest absolute Gasteiger partial charge is 0.370 e. The van der Waals surface area contributed by atoms with Crippen LogP contribution in [0.4, 0.5) is 11.8 Å². The molecule has 2 aromatic rings. The summed E-state index contributed by atoms with van der Waals surface area (Å²) < 4.78 is 0. The maximum Gasteiger partial charge on any atom is 0.227 e. The molecule has 1 saturated heterocycles. The molecule has 1 aliphatic rings. The van der Waals surface area contributed by atoms with Crippen molar-refractivity contribution in [2.45, 2.75) is 26.7 Å². The SMILES string of the molecule is CCCCNc1cc(-c2ccccc2)nc(N2CCN(C(C)=O)CC2)n1. The first-order chi connectivity index (χ1) is 12.7. The number of hydrogen-bond acceptors (Lipinski definition) is 5. The van der Waals surface area contributed by atoms with Crippen LogP contribution in [0.5, 0.6) is 0 Å². The van der Waals surface area contributed by atoms with Crippen molar-refractivity contribution in [1.29, 1.82) is 0 Å². The fourth-order valence-corrected chi connectivity index (χ4v) is 3.04. The van der Waals surface area contributed by atoms with Crippen LogP contribution >= 0.6 is 0 Å². The molecule has 3 rings (SSSR count). The van der Waals surface area contributed by atoms with Crippen LogP contribution in [0.3, 0.4) is 0 Å². The smallest absolute Gasteiger partial charge is 0.227 e. The third-order valence-electron chi connectivity index (χ3n) is 4.63. The Kier molecular flexibility index (Phi) is 6.04. The lowest BCUT2D eigenvalue weighted by molar-refractivity contribution is -0.129. The van der Waals surface area contributed by atoms with Gasteiger partial charge in [-0.3, -0.25) is 4.79 Å². The van der Waals surface area contributed by atoms with E-state index in [1.807, 2.05) is 29.2 Å². The van der Waals surface area contributed by atoms with Gasteiger partial charge in [-0.05, 0) is 6.42 Å². The van der Waals surface area contributed by atoms with Crippen LogP contribution in [0.1, 0.15) is 26.7 Å². The van der Waals surface area contributed by atoms with Crippen LogP contribution in [-0.2, 0) is 4.79 Å². The molecule has 1 amide bonds. The molecule has 0 atom stereocenters. The molecule has 1 aromatic carbocycles. The molecule has 138 valence electrons. The lowest BCUT2D eigenvalue weighted by Crippen LogP contribution is -2.48. The highest BCUT2D eigenvalue weighted by molar-refractivity contribution is 5.73. The van der Waals surface area contributed by atoms with Crippen LogP contribution in [0.2, 0.25) is 0 Å². The predicted molar refractivity (Wildman–Crippen MR) is 105 cm³/mol. The Morgan fingerprint density at radius 3 is 2.50 bits per heavy atom. The van der Waals surface area contributed by atoms with E-state index >= 15 is 0 Å². The summed E-state index contributed by atoms with van der Waals surface area (Å²) in [6, 6.07) is 12.2. The van der Waals surface area contributed by atoms with Gasteiger partial charge in [-0.25, -0.2) is 4.98 Å². The van der Waals surface area contributed by atoms with Crippen LogP contribution in [0.25, 0.3) is 11.3 Å². The zero-order valence-electron chi connectivity index (χ0n) is 15.6. The van der Waals surface area contributed by atoms with Crippen LogP contribution in [0, 0.1) is 0 Å². The van der Waals surface area contributed by atoms with E-state index in [1.165, 1.54) is 0 Å². The van der Waals surface area contributed by atoms with Crippen molar-refractivity contribution in [1.82, 2.24) is 14.9 Å². The lowest BCUT2D eigenvalue weighted by Gasteiger charge is -2.34. The maximum atomic E-state index is 11.5. The highest BCUT2D eigenvalue weighted by Crippen LogP contribution is 2.23. The van der Waals surface area contributed by atoms with Gasteiger partial charge in [0.25, 0.3) is 0 Å². The molecule has 1 aromatic heterocycles. The third kappa shape index (κ3) is 4.50. The summed E-state index contributed by atoms with van der Waals surface area (Å²) in [6.45, 7) is 7.65. The normalized spacial score (nSPS) is 14.4. The van der Waals surface area contributed by atoms with E-state index in [2.05, 4.69) is 29.3 Å². The van der Waals surface area contributed by atoms with Gasteiger partial charge in [-0.15, -0.1) is 0 Å². The quantitative estimate of drug-likeness (QED) is 0.809. The molecule has 6 nitrogen and oxygen atoms in total. The highest BCUT2D eigenvalue weighted by Gasteiger charge is 2.21. The van der Waals surface area contributed by atoms with E-state index in [4.69, 9.17) is 9.97 Å². The Morgan fingerprint density at radius 1 is 1.12 bits per heavy atom.